The normalized spacial score (nSPS) is 19.2. The number of carbonyl (C=O) groups is 1. The third-order valence-electron chi connectivity index (χ3n) is 6.27. The summed E-state index contributed by atoms with van der Waals surface area (Å²) in [4.78, 5) is 15.8. The van der Waals surface area contributed by atoms with Gasteiger partial charge in [-0.3, -0.25) is 9.69 Å². The zero-order valence-electron chi connectivity index (χ0n) is 21.0. The van der Waals surface area contributed by atoms with Crippen LogP contribution in [0.1, 0.15) is 31.1 Å². The third-order valence-corrected chi connectivity index (χ3v) is 6.27. The summed E-state index contributed by atoms with van der Waals surface area (Å²) in [6.07, 6.45) is 2.13. The minimum absolute atomic E-state index is 0.168. The van der Waals surface area contributed by atoms with Crippen molar-refractivity contribution in [2.75, 3.05) is 33.9 Å². The molecule has 3 atom stereocenters. The standard InChI is InChI=1S/C27H34N4O4/c1-18(30-15-19(2)35-20(3)16-30)14-28-27(32)23-17-31(22-9-7-6-8-10-22)29-26(23)21-11-12-24(33-4)25(13-21)34-5/h6-13,17-20H,14-16H2,1-5H3,(H,28,32). The van der Waals surface area contributed by atoms with Gasteiger partial charge in [0.15, 0.2) is 11.5 Å². The van der Waals surface area contributed by atoms with E-state index in [-0.39, 0.29) is 24.2 Å². The molecule has 1 aromatic heterocycles. The lowest BCUT2D eigenvalue weighted by Crippen LogP contribution is -2.52. The molecule has 3 aromatic rings. The van der Waals surface area contributed by atoms with E-state index in [0.717, 1.165) is 24.3 Å². The number of rotatable bonds is 8. The molecule has 8 heteroatoms. The Labute approximate surface area is 206 Å². The van der Waals surface area contributed by atoms with E-state index >= 15 is 0 Å². The molecule has 0 aliphatic carbocycles. The lowest BCUT2D eigenvalue weighted by molar-refractivity contribution is -0.0778. The Hall–Kier alpha value is -3.36. The van der Waals surface area contributed by atoms with E-state index in [9.17, 15) is 4.79 Å². The maximum Gasteiger partial charge on any atom is 0.255 e. The summed E-state index contributed by atoms with van der Waals surface area (Å²) in [6, 6.07) is 15.5. The van der Waals surface area contributed by atoms with Crippen molar-refractivity contribution in [2.45, 2.75) is 39.0 Å². The van der Waals surface area contributed by atoms with Gasteiger partial charge in [0, 0.05) is 37.4 Å². The summed E-state index contributed by atoms with van der Waals surface area (Å²) in [5.41, 5.74) is 2.72. The maximum atomic E-state index is 13.4. The number of hydrogen-bond donors (Lipinski definition) is 1. The Kier molecular flexibility index (Phi) is 7.73. The van der Waals surface area contributed by atoms with Gasteiger partial charge < -0.3 is 19.5 Å². The molecule has 186 valence electrons. The first-order chi connectivity index (χ1) is 16.9. The second kappa shape index (κ2) is 10.9. The second-order valence-corrected chi connectivity index (χ2v) is 9.01. The molecule has 2 aromatic carbocycles. The third kappa shape index (κ3) is 5.66. The molecular weight excluding hydrogens is 444 g/mol. The van der Waals surface area contributed by atoms with Crippen molar-refractivity contribution >= 4 is 5.91 Å². The summed E-state index contributed by atoms with van der Waals surface area (Å²) in [5, 5.41) is 7.89. The minimum Gasteiger partial charge on any atom is -0.493 e. The number of amides is 1. The zero-order chi connectivity index (χ0) is 24.9. The Morgan fingerprint density at radius 3 is 2.43 bits per heavy atom. The fourth-order valence-electron chi connectivity index (χ4n) is 4.49. The Bertz CT molecular complexity index is 1140. The first-order valence-corrected chi connectivity index (χ1v) is 11.9. The molecule has 3 unspecified atom stereocenters. The van der Waals surface area contributed by atoms with Crippen LogP contribution in [0.3, 0.4) is 0 Å². The lowest BCUT2D eigenvalue weighted by Gasteiger charge is -2.39. The van der Waals surface area contributed by atoms with Gasteiger partial charge in [-0.25, -0.2) is 4.68 Å². The molecule has 1 saturated heterocycles. The summed E-state index contributed by atoms with van der Waals surface area (Å²) >= 11 is 0. The predicted molar refractivity (Wildman–Crippen MR) is 135 cm³/mol. The van der Waals surface area contributed by atoms with Crippen molar-refractivity contribution in [3.05, 3.63) is 60.3 Å². The predicted octanol–water partition coefficient (Wildman–Crippen LogP) is 3.78. The van der Waals surface area contributed by atoms with E-state index in [1.165, 1.54) is 0 Å². The molecular formula is C27H34N4O4. The smallest absolute Gasteiger partial charge is 0.255 e. The highest BCUT2D eigenvalue weighted by Gasteiger charge is 2.27. The van der Waals surface area contributed by atoms with E-state index in [1.807, 2.05) is 48.5 Å². The number of aromatic nitrogens is 2. The highest BCUT2D eigenvalue weighted by molar-refractivity contribution is 6.00. The Balaban J connectivity index is 1.60. The van der Waals surface area contributed by atoms with Gasteiger partial charge in [0.05, 0.1) is 37.7 Å². The highest BCUT2D eigenvalue weighted by Crippen LogP contribution is 2.33. The van der Waals surface area contributed by atoms with Gasteiger partial charge in [-0.05, 0) is 51.1 Å². The number of ether oxygens (including phenoxy) is 3. The molecule has 1 N–H and O–H groups in total. The Morgan fingerprint density at radius 2 is 1.77 bits per heavy atom. The van der Waals surface area contributed by atoms with Gasteiger partial charge in [-0.1, -0.05) is 18.2 Å². The zero-order valence-corrected chi connectivity index (χ0v) is 21.0. The quantitative estimate of drug-likeness (QED) is 0.531. The van der Waals surface area contributed by atoms with Gasteiger partial charge in [0.2, 0.25) is 0 Å². The van der Waals surface area contributed by atoms with Crippen molar-refractivity contribution in [3.8, 4) is 28.4 Å². The summed E-state index contributed by atoms with van der Waals surface area (Å²) in [7, 11) is 3.18. The number of carbonyl (C=O) groups excluding carboxylic acids is 1. The molecule has 1 amide bonds. The monoisotopic (exact) mass is 478 g/mol. The van der Waals surface area contributed by atoms with Crippen LogP contribution in [0.5, 0.6) is 11.5 Å². The second-order valence-electron chi connectivity index (χ2n) is 9.01. The molecule has 0 spiro atoms. The average Bonchev–Trinajstić information content (AvgIpc) is 3.32. The van der Waals surface area contributed by atoms with Crippen LogP contribution in [0, 0.1) is 0 Å². The number of morpholine rings is 1. The van der Waals surface area contributed by atoms with Gasteiger partial charge in [-0.15, -0.1) is 0 Å². The molecule has 0 bridgehead atoms. The van der Waals surface area contributed by atoms with Crippen LogP contribution < -0.4 is 14.8 Å². The van der Waals surface area contributed by atoms with Crippen LogP contribution in [-0.4, -0.2) is 72.7 Å². The van der Waals surface area contributed by atoms with Crippen LogP contribution >= 0.6 is 0 Å². The number of methoxy groups -OCH3 is 2. The Morgan fingerprint density at radius 1 is 1.09 bits per heavy atom. The van der Waals surface area contributed by atoms with Gasteiger partial charge in [-0.2, -0.15) is 5.10 Å². The summed E-state index contributed by atoms with van der Waals surface area (Å²) in [5.74, 6) is 1.03. The van der Waals surface area contributed by atoms with E-state index in [0.29, 0.717) is 29.3 Å². The van der Waals surface area contributed by atoms with Crippen LogP contribution in [0.25, 0.3) is 16.9 Å². The van der Waals surface area contributed by atoms with Crippen molar-refractivity contribution < 1.29 is 19.0 Å². The number of nitrogens with zero attached hydrogens (tertiary/aromatic N) is 3. The summed E-state index contributed by atoms with van der Waals surface area (Å²) in [6.45, 7) is 8.53. The van der Waals surface area contributed by atoms with Gasteiger partial charge in [0.25, 0.3) is 5.91 Å². The topological polar surface area (TPSA) is 77.9 Å². The van der Waals surface area contributed by atoms with Gasteiger partial charge >= 0.3 is 0 Å². The lowest BCUT2D eigenvalue weighted by atomic mass is 10.1. The number of para-hydroxylation sites is 1. The van der Waals surface area contributed by atoms with Gasteiger partial charge in [0.1, 0.15) is 5.69 Å². The fourth-order valence-corrected chi connectivity index (χ4v) is 4.49. The van der Waals surface area contributed by atoms with Crippen LogP contribution in [0.4, 0.5) is 0 Å². The van der Waals surface area contributed by atoms with Crippen molar-refractivity contribution in [2.24, 2.45) is 0 Å². The van der Waals surface area contributed by atoms with Crippen molar-refractivity contribution in [1.82, 2.24) is 20.0 Å². The molecule has 1 aliphatic rings. The van der Waals surface area contributed by atoms with E-state index in [1.54, 1.807) is 25.1 Å². The van der Waals surface area contributed by atoms with Crippen molar-refractivity contribution in [3.63, 3.8) is 0 Å². The molecule has 35 heavy (non-hydrogen) atoms. The van der Waals surface area contributed by atoms with E-state index in [2.05, 4.69) is 31.0 Å². The van der Waals surface area contributed by atoms with Crippen LogP contribution in [0.15, 0.2) is 54.7 Å². The fraction of sp³-hybridized carbons (Fsp3) is 0.407. The molecule has 2 heterocycles. The average molecular weight is 479 g/mol. The van der Waals surface area contributed by atoms with Crippen LogP contribution in [-0.2, 0) is 4.74 Å². The molecule has 0 radical (unpaired) electrons. The molecule has 8 nitrogen and oxygen atoms in total. The largest absolute Gasteiger partial charge is 0.493 e. The van der Waals surface area contributed by atoms with Crippen LogP contribution in [0.2, 0.25) is 0 Å². The summed E-state index contributed by atoms with van der Waals surface area (Å²) < 4.78 is 18.4. The first-order valence-electron chi connectivity index (χ1n) is 11.9. The number of nitrogens with one attached hydrogen (secondary N) is 1. The number of benzene rings is 2. The van der Waals surface area contributed by atoms with E-state index in [4.69, 9.17) is 19.3 Å². The van der Waals surface area contributed by atoms with E-state index < -0.39 is 0 Å². The minimum atomic E-state index is -0.168. The molecule has 1 aliphatic heterocycles. The molecule has 1 fully saturated rings. The highest BCUT2D eigenvalue weighted by atomic mass is 16.5. The SMILES string of the molecule is COc1ccc(-c2nn(-c3ccccc3)cc2C(=O)NCC(C)N2CC(C)OC(C)C2)cc1OC. The first kappa shape index (κ1) is 24.8. The van der Waals surface area contributed by atoms with Crippen molar-refractivity contribution in [1.29, 1.82) is 0 Å². The maximum absolute atomic E-state index is 13.4. The molecule has 0 saturated carbocycles. The molecule has 4 rings (SSSR count). The number of hydrogen-bond acceptors (Lipinski definition) is 6.